The van der Waals surface area contributed by atoms with Crippen molar-refractivity contribution in [3.63, 3.8) is 0 Å². The number of aliphatic hydroxyl groups excluding tert-OH is 3. The normalized spacial score (nSPS) is 29.8. The van der Waals surface area contributed by atoms with Crippen LogP contribution in [-0.4, -0.2) is 60.7 Å². The number of benzene rings is 1. The van der Waals surface area contributed by atoms with Crippen molar-refractivity contribution in [2.75, 3.05) is 6.61 Å². The molecular formula is C14H14F3N3O4S. The van der Waals surface area contributed by atoms with Crippen molar-refractivity contribution in [3.05, 3.63) is 35.8 Å². The first kappa shape index (κ1) is 18.1. The Bertz CT molecular complexity index is 755. The molecule has 1 aromatic heterocycles. The van der Waals surface area contributed by atoms with Gasteiger partial charge in [-0.05, 0) is 12.1 Å². The van der Waals surface area contributed by atoms with E-state index in [4.69, 9.17) is 4.74 Å². The van der Waals surface area contributed by atoms with E-state index in [1.54, 1.807) is 0 Å². The minimum absolute atomic E-state index is 0.0000420. The highest BCUT2D eigenvalue weighted by Gasteiger charge is 2.44. The van der Waals surface area contributed by atoms with Gasteiger partial charge in [0.1, 0.15) is 35.5 Å². The average Bonchev–Trinajstić information content (AvgIpc) is 3.05. The Kier molecular flexibility index (Phi) is 5.02. The van der Waals surface area contributed by atoms with Gasteiger partial charge in [-0.1, -0.05) is 5.21 Å². The van der Waals surface area contributed by atoms with Gasteiger partial charge in [-0.2, -0.15) is 0 Å². The summed E-state index contributed by atoms with van der Waals surface area (Å²) in [5.41, 5.74) is -1.07. The summed E-state index contributed by atoms with van der Waals surface area (Å²) in [5.74, 6) is -4.37. The van der Waals surface area contributed by atoms with Gasteiger partial charge in [0.25, 0.3) is 0 Å². The zero-order valence-electron chi connectivity index (χ0n) is 12.5. The molecule has 0 aliphatic carbocycles. The van der Waals surface area contributed by atoms with Gasteiger partial charge < -0.3 is 20.1 Å². The number of aromatic nitrogens is 3. The molecule has 3 N–H and O–H groups in total. The topological polar surface area (TPSA) is 101 Å². The summed E-state index contributed by atoms with van der Waals surface area (Å²) in [7, 11) is 0. The second kappa shape index (κ2) is 6.92. The third-order valence-electron chi connectivity index (χ3n) is 3.96. The van der Waals surface area contributed by atoms with Crippen LogP contribution in [0, 0.1) is 17.5 Å². The quantitative estimate of drug-likeness (QED) is 0.453. The van der Waals surface area contributed by atoms with Crippen molar-refractivity contribution in [3.8, 4) is 11.3 Å². The molecule has 1 fully saturated rings. The van der Waals surface area contributed by atoms with E-state index in [0.717, 1.165) is 16.8 Å². The molecule has 0 spiro atoms. The van der Waals surface area contributed by atoms with Crippen LogP contribution in [0.5, 0.6) is 0 Å². The van der Waals surface area contributed by atoms with Crippen LogP contribution in [-0.2, 0) is 4.74 Å². The number of ether oxygens (including phenoxy) is 1. The largest absolute Gasteiger partial charge is 0.394 e. The molecule has 2 aromatic rings. The van der Waals surface area contributed by atoms with E-state index in [-0.39, 0.29) is 11.3 Å². The van der Waals surface area contributed by atoms with Gasteiger partial charge in [-0.3, -0.25) is 0 Å². The van der Waals surface area contributed by atoms with Gasteiger partial charge in [-0.25, -0.2) is 17.9 Å². The highest BCUT2D eigenvalue weighted by atomic mass is 32.1. The van der Waals surface area contributed by atoms with Crippen molar-refractivity contribution in [2.24, 2.45) is 0 Å². The zero-order chi connectivity index (χ0) is 18.3. The maximum absolute atomic E-state index is 13.4. The lowest BCUT2D eigenvalue weighted by Gasteiger charge is -2.40. The van der Waals surface area contributed by atoms with Crippen LogP contribution in [0.4, 0.5) is 13.2 Å². The maximum Gasteiger partial charge on any atom is 0.194 e. The lowest BCUT2D eigenvalue weighted by molar-refractivity contribution is -0.178. The van der Waals surface area contributed by atoms with Crippen molar-refractivity contribution >= 4 is 12.6 Å². The molecule has 7 nitrogen and oxygen atoms in total. The van der Waals surface area contributed by atoms with E-state index in [0.29, 0.717) is 0 Å². The molecule has 25 heavy (non-hydrogen) atoms. The predicted molar refractivity (Wildman–Crippen MR) is 81.1 cm³/mol. The molecule has 1 aliphatic rings. The van der Waals surface area contributed by atoms with Gasteiger partial charge in [-0.15, -0.1) is 17.7 Å². The molecule has 1 aliphatic heterocycles. The number of rotatable bonds is 3. The minimum Gasteiger partial charge on any atom is -0.394 e. The Morgan fingerprint density at radius 3 is 2.40 bits per heavy atom. The molecule has 2 unspecified atom stereocenters. The molecule has 1 saturated heterocycles. The van der Waals surface area contributed by atoms with Crippen molar-refractivity contribution in [1.82, 2.24) is 15.0 Å². The molecule has 0 bridgehead atoms. The fourth-order valence-corrected chi connectivity index (χ4v) is 2.99. The first-order valence-electron chi connectivity index (χ1n) is 7.20. The van der Waals surface area contributed by atoms with Crippen LogP contribution in [0.25, 0.3) is 11.3 Å². The van der Waals surface area contributed by atoms with Crippen molar-refractivity contribution in [2.45, 2.75) is 29.8 Å². The Balaban J connectivity index is 1.95. The van der Waals surface area contributed by atoms with Crippen molar-refractivity contribution < 1.29 is 33.2 Å². The summed E-state index contributed by atoms with van der Waals surface area (Å²) in [6.07, 6.45) is -2.41. The smallest absolute Gasteiger partial charge is 0.194 e. The summed E-state index contributed by atoms with van der Waals surface area (Å²) >= 11 is 4.04. The summed E-state index contributed by atoms with van der Waals surface area (Å²) in [6.45, 7) is -0.516. The van der Waals surface area contributed by atoms with E-state index in [2.05, 4.69) is 22.9 Å². The Morgan fingerprint density at radius 1 is 1.16 bits per heavy atom. The molecule has 0 saturated carbocycles. The molecule has 0 amide bonds. The van der Waals surface area contributed by atoms with Crippen LogP contribution in [0.2, 0.25) is 0 Å². The number of hydrogen-bond acceptors (Lipinski definition) is 7. The van der Waals surface area contributed by atoms with Crippen LogP contribution in [0.3, 0.4) is 0 Å². The minimum atomic E-state index is -1.60. The third kappa shape index (κ3) is 3.25. The fraction of sp³-hybridized carbons (Fsp3) is 0.429. The third-order valence-corrected chi connectivity index (χ3v) is 4.39. The molecule has 2 heterocycles. The molecule has 1 aromatic carbocycles. The van der Waals surface area contributed by atoms with Crippen LogP contribution >= 0.6 is 12.6 Å². The lowest BCUT2D eigenvalue weighted by atomic mass is 9.97. The van der Waals surface area contributed by atoms with E-state index < -0.39 is 53.8 Å². The van der Waals surface area contributed by atoms with Gasteiger partial charge in [0.2, 0.25) is 0 Å². The Morgan fingerprint density at radius 2 is 1.80 bits per heavy atom. The second-order valence-electron chi connectivity index (χ2n) is 5.56. The van der Waals surface area contributed by atoms with Crippen molar-refractivity contribution in [1.29, 1.82) is 0 Å². The molecule has 136 valence electrons. The van der Waals surface area contributed by atoms with Gasteiger partial charge in [0.05, 0.1) is 12.8 Å². The monoisotopic (exact) mass is 377 g/mol. The fourth-order valence-electron chi connectivity index (χ4n) is 2.65. The number of thiol groups is 1. The Hall–Kier alpha value is -1.66. The SMILES string of the molecule is OCC1O[C@H](S)C(O)[C@@H](n2cc(-c3cc(F)c(F)c(F)c3)nn2)[C@H]1O. The molecular weight excluding hydrogens is 363 g/mol. The van der Waals surface area contributed by atoms with E-state index in [9.17, 15) is 28.5 Å². The standard InChI is InChI=1S/C14H14F3N3O4S/c15-6-1-5(2-7(16)10(6)17)8-3-20(19-18-8)11-12(22)9(4-21)24-14(25)13(11)23/h1-3,9,11-14,21-23,25H,4H2/t9?,11-,12-,13?,14+/m0/s1. The van der Waals surface area contributed by atoms with Gasteiger partial charge in [0, 0.05) is 5.56 Å². The predicted octanol–water partition coefficient (Wildman–Crippen LogP) is 0.272. The van der Waals surface area contributed by atoms with Gasteiger partial charge in [0.15, 0.2) is 17.5 Å². The van der Waals surface area contributed by atoms with E-state index >= 15 is 0 Å². The summed E-state index contributed by atoms with van der Waals surface area (Å²) in [5, 5.41) is 37.1. The number of aliphatic hydroxyl groups is 3. The molecule has 11 heteroatoms. The second-order valence-corrected chi connectivity index (χ2v) is 6.07. The van der Waals surface area contributed by atoms with E-state index in [1.807, 2.05) is 0 Å². The maximum atomic E-state index is 13.4. The zero-order valence-corrected chi connectivity index (χ0v) is 13.4. The number of nitrogens with zero attached hydrogens (tertiary/aromatic N) is 3. The summed E-state index contributed by atoms with van der Waals surface area (Å²) in [4.78, 5) is 0. The highest BCUT2D eigenvalue weighted by Crippen LogP contribution is 2.32. The molecule has 3 rings (SSSR count). The van der Waals surface area contributed by atoms with Gasteiger partial charge >= 0.3 is 0 Å². The molecule has 0 radical (unpaired) electrons. The number of halogens is 3. The Labute approximate surface area is 145 Å². The van der Waals surface area contributed by atoms with E-state index in [1.165, 1.54) is 6.20 Å². The number of hydrogen-bond donors (Lipinski definition) is 4. The van der Waals surface area contributed by atoms with Crippen LogP contribution in [0.15, 0.2) is 18.3 Å². The summed E-state index contributed by atoms with van der Waals surface area (Å²) < 4.78 is 46.0. The van der Waals surface area contributed by atoms with Crippen LogP contribution in [0.1, 0.15) is 6.04 Å². The molecule has 5 atom stereocenters. The summed E-state index contributed by atoms with van der Waals surface area (Å²) in [6, 6.07) is 0.438. The highest BCUT2D eigenvalue weighted by molar-refractivity contribution is 7.80. The van der Waals surface area contributed by atoms with Crippen LogP contribution < -0.4 is 0 Å². The first-order chi connectivity index (χ1) is 11.8. The first-order valence-corrected chi connectivity index (χ1v) is 7.72. The average molecular weight is 377 g/mol. The lowest BCUT2D eigenvalue weighted by Crippen LogP contribution is -2.54.